The largest absolute Gasteiger partial charge is 0.344 e. The average molecular weight is 252 g/mol. The Morgan fingerprint density at radius 2 is 2.28 bits per heavy atom. The number of hydrogen-bond acceptors (Lipinski definition) is 5. The Hall–Kier alpha value is -1.94. The van der Waals surface area contributed by atoms with Crippen molar-refractivity contribution in [1.82, 2.24) is 15.1 Å². The van der Waals surface area contributed by atoms with Crippen LogP contribution in [0.2, 0.25) is 0 Å². The topological polar surface area (TPSA) is 93.5 Å². The fourth-order valence-corrected chi connectivity index (χ4v) is 1.60. The van der Waals surface area contributed by atoms with Crippen molar-refractivity contribution in [3.05, 3.63) is 0 Å². The van der Waals surface area contributed by atoms with Crippen LogP contribution in [0.5, 0.6) is 0 Å². The highest BCUT2D eigenvalue weighted by molar-refractivity contribution is 6.01. The molecule has 1 heterocycles. The molecule has 1 rings (SSSR count). The Labute approximate surface area is 105 Å². The Kier molecular flexibility index (Phi) is 4.80. The predicted octanol–water partition coefficient (Wildman–Crippen LogP) is -1.29. The SMILES string of the molecule is CC1C(=O)NC(=O)CN1CC(=O)N(C)CCC#N. The van der Waals surface area contributed by atoms with E-state index in [1.807, 2.05) is 6.07 Å². The third kappa shape index (κ3) is 3.53. The van der Waals surface area contributed by atoms with Crippen LogP contribution in [0.3, 0.4) is 0 Å². The van der Waals surface area contributed by atoms with Crippen LogP contribution < -0.4 is 5.32 Å². The van der Waals surface area contributed by atoms with Crippen molar-refractivity contribution in [2.75, 3.05) is 26.7 Å². The van der Waals surface area contributed by atoms with Crippen LogP contribution in [-0.4, -0.2) is 60.2 Å². The highest BCUT2D eigenvalue weighted by Crippen LogP contribution is 2.05. The first-order valence-electron chi connectivity index (χ1n) is 5.64. The second kappa shape index (κ2) is 6.12. The minimum atomic E-state index is -0.504. The summed E-state index contributed by atoms with van der Waals surface area (Å²) in [6.07, 6.45) is 0.261. The second-order valence-electron chi connectivity index (χ2n) is 4.22. The van der Waals surface area contributed by atoms with Gasteiger partial charge < -0.3 is 4.90 Å². The quantitative estimate of drug-likeness (QED) is 0.628. The molecular weight excluding hydrogens is 236 g/mol. The molecule has 7 heteroatoms. The normalized spacial score (nSPS) is 20.2. The number of likely N-dealkylation sites (N-methyl/N-ethyl adjacent to an activating group) is 1. The molecule has 1 unspecified atom stereocenters. The fraction of sp³-hybridized carbons (Fsp3) is 0.636. The van der Waals surface area contributed by atoms with Crippen molar-refractivity contribution in [3.8, 4) is 6.07 Å². The zero-order valence-corrected chi connectivity index (χ0v) is 10.5. The van der Waals surface area contributed by atoms with Gasteiger partial charge in [0.25, 0.3) is 0 Å². The first-order chi connectivity index (χ1) is 8.45. The van der Waals surface area contributed by atoms with Gasteiger partial charge in [0, 0.05) is 13.6 Å². The Morgan fingerprint density at radius 3 is 2.89 bits per heavy atom. The van der Waals surface area contributed by atoms with E-state index in [9.17, 15) is 14.4 Å². The Balaban J connectivity index is 2.55. The van der Waals surface area contributed by atoms with Gasteiger partial charge in [-0.1, -0.05) is 0 Å². The molecule has 0 aromatic rings. The molecule has 1 aliphatic heterocycles. The lowest BCUT2D eigenvalue weighted by Crippen LogP contribution is -2.58. The van der Waals surface area contributed by atoms with Gasteiger partial charge in [0.2, 0.25) is 17.7 Å². The Bertz CT molecular complexity index is 402. The Morgan fingerprint density at radius 1 is 1.61 bits per heavy atom. The number of imide groups is 1. The second-order valence-corrected chi connectivity index (χ2v) is 4.22. The zero-order valence-electron chi connectivity index (χ0n) is 10.5. The molecule has 1 atom stereocenters. The van der Waals surface area contributed by atoms with Gasteiger partial charge in [-0.05, 0) is 6.92 Å². The van der Waals surface area contributed by atoms with Crippen molar-refractivity contribution < 1.29 is 14.4 Å². The van der Waals surface area contributed by atoms with Crippen LogP contribution in [0, 0.1) is 11.3 Å². The highest BCUT2D eigenvalue weighted by atomic mass is 16.2. The number of hydrogen-bond donors (Lipinski definition) is 1. The summed E-state index contributed by atoms with van der Waals surface area (Å²) < 4.78 is 0. The van der Waals surface area contributed by atoms with Gasteiger partial charge in [0.05, 0.1) is 31.6 Å². The lowest BCUT2D eigenvalue weighted by molar-refractivity contribution is -0.141. The minimum absolute atomic E-state index is 0.00224. The van der Waals surface area contributed by atoms with Gasteiger partial charge in [-0.15, -0.1) is 0 Å². The molecule has 18 heavy (non-hydrogen) atoms. The van der Waals surface area contributed by atoms with Crippen molar-refractivity contribution in [2.45, 2.75) is 19.4 Å². The van der Waals surface area contributed by atoms with Crippen molar-refractivity contribution in [1.29, 1.82) is 5.26 Å². The van der Waals surface area contributed by atoms with Gasteiger partial charge in [-0.2, -0.15) is 5.26 Å². The molecule has 0 radical (unpaired) electrons. The van der Waals surface area contributed by atoms with Gasteiger partial charge in [-0.25, -0.2) is 0 Å². The summed E-state index contributed by atoms with van der Waals surface area (Å²) in [4.78, 5) is 37.4. The third-order valence-corrected chi connectivity index (χ3v) is 2.86. The van der Waals surface area contributed by atoms with Crippen LogP contribution in [0.15, 0.2) is 0 Å². The van der Waals surface area contributed by atoms with Crippen molar-refractivity contribution >= 4 is 17.7 Å². The van der Waals surface area contributed by atoms with Crippen molar-refractivity contribution in [2.24, 2.45) is 0 Å². The van der Waals surface area contributed by atoms with Crippen molar-refractivity contribution in [3.63, 3.8) is 0 Å². The van der Waals surface area contributed by atoms with E-state index in [1.54, 1.807) is 14.0 Å². The van der Waals surface area contributed by atoms with Crippen LogP contribution in [0.25, 0.3) is 0 Å². The van der Waals surface area contributed by atoms with Crippen LogP contribution in [0.4, 0.5) is 0 Å². The number of carbonyl (C=O) groups is 3. The molecule has 7 nitrogen and oxygen atoms in total. The summed E-state index contributed by atoms with van der Waals surface area (Å²) in [5, 5.41) is 10.6. The smallest absolute Gasteiger partial charge is 0.243 e. The maximum Gasteiger partial charge on any atom is 0.243 e. The van der Waals surface area contributed by atoms with Gasteiger partial charge in [0.1, 0.15) is 0 Å². The van der Waals surface area contributed by atoms with E-state index in [0.717, 1.165) is 0 Å². The number of rotatable bonds is 4. The molecule has 98 valence electrons. The first kappa shape index (κ1) is 14.1. The monoisotopic (exact) mass is 252 g/mol. The molecule has 1 aliphatic rings. The number of piperazine rings is 1. The van der Waals surface area contributed by atoms with E-state index in [2.05, 4.69) is 5.32 Å². The van der Waals surface area contributed by atoms with Crippen LogP contribution in [-0.2, 0) is 14.4 Å². The van der Waals surface area contributed by atoms with Crippen LogP contribution >= 0.6 is 0 Å². The highest BCUT2D eigenvalue weighted by Gasteiger charge is 2.31. The molecule has 0 aromatic carbocycles. The molecular formula is C11H16N4O3. The molecule has 0 aliphatic carbocycles. The van der Waals surface area contributed by atoms with E-state index < -0.39 is 17.9 Å². The fourth-order valence-electron chi connectivity index (χ4n) is 1.60. The van der Waals surface area contributed by atoms with E-state index >= 15 is 0 Å². The van der Waals surface area contributed by atoms with E-state index in [1.165, 1.54) is 9.80 Å². The maximum absolute atomic E-state index is 11.8. The first-order valence-corrected chi connectivity index (χ1v) is 5.64. The molecule has 1 N–H and O–H groups in total. The predicted molar refractivity (Wildman–Crippen MR) is 62.1 cm³/mol. The molecule has 1 fully saturated rings. The standard InChI is InChI=1S/C11H16N4O3/c1-8-11(18)13-9(16)6-15(8)7-10(17)14(2)5-3-4-12/h8H,3,5-7H2,1-2H3,(H,13,16,18). The molecule has 3 amide bonds. The minimum Gasteiger partial charge on any atom is -0.344 e. The third-order valence-electron chi connectivity index (χ3n) is 2.86. The summed E-state index contributed by atoms with van der Waals surface area (Å²) >= 11 is 0. The lowest BCUT2D eigenvalue weighted by Gasteiger charge is -2.32. The average Bonchev–Trinajstić information content (AvgIpc) is 2.32. The summed E-state index contributed by atoms with van der Waals surface area (Å²) in [6.45, 7) is 2.02. The summed E-state index contributed by atoms with van der Waals surface area (Å²) in [7, 11) is 1.59. The molecule has 0 bridgehead atoms. The van der Waals surface area contributed by atoms with E-state index in [-0.39, 0.29) is 25.4 Å². The van der Waals surface area contributed by atoms with Gasteiger partial charge in [-0.3, -0.25) is 24.6 Å². The number of amides is 3. The molecule has 1 saturated heterocycles. The van der Waals surface area contributed by atoms with E-state index in [4.69, 9.17) is 5.26 Å². The summed E-state index contributed by atoms with van der Waals surface area (Å²) in [5.41, 5.74) is 0. The molecule has 0 spiro atoms. The number of nitrogens with zero attached hydrogens (tertiary/aromatic N) is 3. The number of nitriles is 1. The summed E-state index contributed by atoms with van der Waals surface area (Å²) in [5.74, 6) is -0.996. The van der Waals surface area contributed by atoms with E-state index in [0.29, 0.717) is 6.54 Å². The number of carbonyl (C=O) groups excluding carboxylic acids is 3. The lowest BCUT2D eigenvalue weighted by atomic mass is 10.2. The van der Waals surface area contributed by atoms with Crippen LogP contribution in [0.1, 0.15) is 13.3 Å². The zero-order chi connectivity index (χ0) is 13.7. The summed E-state index contributed by atoms with van der Waals surface area (Å²) in [6, 6.07) is 1.45. The molecule has 0 aromatic heterocycles. The van der Waals surface area contributed by atoms with Gasteiger partial charge in [0.15, 0.2) is 0 Å². The van der Waals surface area contributed by atoms with Gasteiger partial charge >= 0.3 is 0 Å². The number of nitrogens with one attached hydrogen (secondary N) is 1. The maximum atomic E-state index is 11.8. The molecule has 0 saturated carbocycles.